The zero-order valence-electron chi connectivity index (χ0n) is 14.0. The maximum atomic E-state index is 13.3. The van der Waals surface area contributed by atoms with Crippen LogP contribution >= 0.6 is 11.8 Å². The SMILES string of the molecule is Cc1cc(SCc2ccc(F)c(F)c2)nc(-c2ccc(C(F)(F)F)cc2)n1. The van der Waals surface area contributed by atoms with Crippen molar-refractivity contribution in [1.29, 1.82) is 0 Å². The van der Waals surface area contributed by atoms with Crippen LogP contribution in [0.1, 0.15) is 16.8 Å². The molecule has 8 heteroatoms. The molecule has 1 heterocycles. The van der Waals surface area contributed by atoms with Crippen LogP contribution in [0.4, 0.5) is 22.0 Å². The minimum atomic E-state index is -4.41. The van der Waals surface area contributed by atoms with Gasteiger partial charge in [-0.1, -0.05) is 18.2 Å². The highest BCUT2D eigenvalue weighted by molar-refractivity contribution is 7.98. The summed E-state index contributed by atoms with van der Waals surface area (Å²) >= 11 is 1.30. The van der Waals surface area contributed by atoms with Crippen LogP contribution < -0.4 is 0 Å². The normalized spacial score (nSPS) is 11.6. The summed E-state index contributed by atoms with van der Waals surface area (Å²) in [5, 5.41) is 0.585. The molecule has 0 fully saturated rings. The zero-order chi connectivity index (χ0) is 19.6. The molecule has 140 valence electrons. The molecule has 2 nitrogen and oxygen atoms in total. The molecule has 0 spiro atoms. The second-order valence-electron chi connectivity index (χ2n) is 5.78. The Hall–Kier alpha value is -2.48. The van der Waals surface area contributed by atoms with E-state index in [1.54, 1.807) is 13.0 Å². The van der Waals surface area contributed by atoms with E-state index in [1.165, 1.54) is 30.0 Å². The zero-order valence-corrected chi connectivity index (χ0v) is 14.8. The van der Waals surface area contributed by atoms with E-state index in [1.807, 2.05) is 0 Å². The maximum absolute atomic E-state index is 13.3. The van der Waals surface area contributed by atoms with Crippen LogP contribution in [0.2, 0.25) is 0 Å². The lowest BCUT2D eigenvalue weighted by molar-refractivity contribution is -0.137. The highest BCUT2D eigenvalue weighted by Gasteiger charge is 2.30. The van der Waals surface area contributed by atoms with Crippen LogP contribution in [0.5, 0.6) is 0 Å². The lowest BCUT2D eigenvalue weighted by Crippen LogP contribution is -2.04. The summed E-state index contributed by atoms with van der Waals surface area (Å²) in [7, 11) is 0. The summed E-state index contributed by atoms with van der Waals surface area (Å²) in [6.07, 6.45) is -4.41. The second kappa shape index (κ2) is 7.64. The molecule has 0 unspecified atom stereocenters. The number of hydrogen-bond donors (Lipinski definition) is 0. The topological polar surface area (TPSA) is 25.8 Å². The Morgan fingerprint density at radius 1 is 0.889 bits per heavy atom. The van der Waals surface area contributed by atoms with Gasteiger partial charge in [0.25, 0.3) is 0 Å². The molecule has 1 aromatic heterocycles. The Kier molecular flexibility index (Phi) is 5.46. The number of benzene rings is 2. The van der Waals surface area contributed by atoms with Gasteiger partial charge in [0.1, 0.15) is 5.03 Å². The Morgan fingerprint density at radius 3 is 2.22 bits per heavy atom. The summed E-state index contributed by atoms with van der Waals surface area (Å²) in [6.45, 7) is 1.75. The molecule has 2 aromatic carbocycles. The van der Waals surface area contributed by atoms with Crippen molar-refractivity contribution in [1.82, 2.24) is 9.97 Å². The lowest BCUT2D eigenvalue weighted by atomic mass is 10.1. The van der Waals surface area contributed by atoms with E-state index in [9.17, 15) is 22.0 Å². The standard InChI is InChI=1S/C19H13F5N2S/c1-11-8-17(27-10-12-2-7-15(20)16(21)9-12)26-18(25-11)13-3-5-14(6-4-13)19(22,23)24/h2-9H,10H2,1H3. The number of aryl methyl sites for hydroxylation is 1. The van der Waals surface area contributed by atoms with Crippen molar-refractivity contribution in [3.05, 3.63) is 77.0 Å². The van der Waals surface area contributed by atoms with E-state index in [0.717, 1.165) is 24.3 Å². The minimum absolute atomic E-state index is 0.302. The van der Waals surface area contributed by atoms with Crippen molar-refractivity contribution in [3.8, 4) is 11.4 Å². The van der Waals surface area contributed by atoms with Crippen molar-refractivity contribution in [3.63, 3.8) is 0 Å². The summed E-state index contributed by atoms with van der Waals surface area (Å²) in [5.74, 6) is -1.17. The second-order valence-corrected chi connectivity index (χ2v) is 6.78. The maximum Gasteiger partial charge on any atom is 0.416 e. The Labute approximate surface area is 156 Å². The van der Waals surface area contributed by atoms with Gasteiger partial charge in [-0.15, -0.1) is 11.8 Å². The van der Waals surface area contributed by atoms with E-state index < -0.39 is 23.4 Å². The van der Waals surface area contributed by atoms with Crippen LogP contribution in [-0.2, 0) is 11.9 Å². The summed E-state index contributed by atoms with van der Waals surface area (Å²) in [4.78, 5) is 8.61. The minimum Gasteiger partial charge on any atom is -0.233 e. The van der Waals surface area contributed by atoms with Gasteiger partial charge in [0, 0.05) is 17.0 Å². The molecule has 27 heavy (non-hydrogen) atoms. The molecular weight excluding hydrogens is 383 g/mol. The van der Waals surface area contributed by atoms with Crippen LogP contribution in [0, 0.1) is 18.6 Å². The summed E-state index contributed by atoms with van der Waals surface area (Å²) in [6, 6.07) is 9.98. The first-order valence-electron chi connectivity index (χ1n) is 7.82. The number of aromatic nitrogens is 2. The van der Waals surface area contributed by atoms with Gasteiger partial charge in [0.2, 0.25) is 0 Å². The molecule has 0 bridgehead atoms. The van der Waals surface area contributed by atoms with Crippen molar-refractivity contribution < 1.29 is 22.0 Å². The highest BCUT2D eigenvalue weighted by atomic mass is 32.2. The van der Waals surface area contributed by atoms with Gasteiger partial charge in [-0.05, 0) is 42.8 Å². The van der Waals surface area contributed by atoms with Crippen LogP contribution in [0.15, 0.2) is 53.6 Å². The molecule has 0 aliphatic heterocycles. The molecule has 0 aliphatic rings. The number of halogens is 5. The van der Waals surface area contributed by atoms with Gasteiger partial charge in [0.15, 0.2) is 17.5 Å². The molecule has 3 aromatic rings. The third-order valence-corrected chi connectivity index (χ3v) is 4.65. The van der Waals surface area contributed by atoms with E-state index in [0.29, 0.717) is 33.4 Å². The molecule has 0 N–H and O–H groups in total. The first-order valence-corrected chi connectivity index (χ1v) is 8.81. The number of alkyl halides is 3. The molecule has 0 amide bonds. The first kappa shape index (κ1) is 19.3. The van der Waals surface area contributed by atoms with Gasteiger partial charge in [-0.2, -0.15) is 13.2 Å². The third-order valence-electron chi connectivity index (χ3n) is 3.67. The molecule has 0 saturated heterocycles. The van der Waals surface area contributed by atoms with Gasteiger partial charge in [0.05, 0.1) is 5.56 Å². The fourth-order valence-electron chi connectivity index (χ4n) is 2.34. The smallest absolute Gasteiger partial charge is 0.233 e. The van der Waals surface area contributed by atoms with Gasteiger partial charge >= 0.3 is 6.18 Å². The van der Waals surface area contributed by atoms with Crippen LogP contribution in [0.25, 0.3) is 11.4 Å². The molecule has 0 aliphatic carbocycles. The van der Waals surface area contributed by atoms with E-state index in [4.69, 9.17) is 0 Å². The van der Waals surface area contributed by atoms with Crippen LogP contribution in [-0.4, -0.2) is 9.97 Å². The highest BCUT2D eigenvalue weighted by Crippen LogP contribution is 2.31. The summed E-state index contributed by atoms with van der Waals surface area (Å²) < 4.78 is 64.3. The molecule has 0 radical (unpaired) electrons. The van der Waals surface area contributed by atoms with Crippen molar-refractivity contribution in [2.24, 2.45) is 0 Å². The Balaban J connectivity index is 1.80. The predicted octanol–water partition coefficient (Wildman–Crippen LogP) is 6.04. The van der Waals surface area contributed by atoms with Crippen molar-refractivity contribution in [2.45, 2.75) is 23.9 Å². The number of nitrogens with zero attached hydrogens (tertiary/aromatic N) is 2. The van der Waals surface area contributed by atoms with Crippen molar-refractivity contribution >= 4 is 11.8 Å². The Bertz CT molecular complexity index is 955. The van der Waals surface area contributed by atoms with Gasteiger partial charge < -0.3 is 0 Å². The van der Waals surface area contributed by atoms with E-state index in [-0.39, 0.29) is 0 Å². The summed E-state index contributed by atoms with van der Waals surface area (Å²) in [5.41, 5.74) is 0.951. The van der Waals surface area contributed by atoms with Gasteiger partial charge in [-0.3, -0.25) is 0 Å². The van der Waals surface area contributed by atoms with Gasteiger partial charge in [-0.25, -0.2) is 18.7 Å². The average Bonchev–Trinajstić information content (AvgIpc) is 2.62. The molecule has 0 atom stereocenters. The van der Waals surface area contributed by atoms with Crippen molar-refractivity contribution in [2.75, 3.05) is 0 Å². The molecule has 3 rings (SSSR count). The van der Waals surface area contributed by atoms with Crippen LogP contribution in [0.3, 0.4) is 0 Å². The molecular formula is C19H13F5N2S. The van der Waals surface area contributed by atoms with E-state index in [2.05, 4.69) is 9.97 Å². The monoisotopic (exact) mass is 396 g/mol. The number of rotatable bonds is 4. The number of hydrogen-bond acceptors (Lipinski definition) is 3. The number of thioether (sulfide) groups is 1. The Morgan fingerprint density at radius 2 is 1.59 bits per heavy atom. The molecule has 0 saturated carbocycles. The van der Waals surface area contributed by atoms with E-state index >= 15 is 0 Å². The first-order chi connectivity index (χ1) is 12.7. The third kappa shape index (κ3) is 4.82. The predicted molar refractivity (Wildman–Crippen MR) is 93.1 cm³/mol. The lowest BCUT2D eigenvalue weighted by Gasteiger charge is -2.09. The quantitative estimate of drug-likeness (QED) is 0.305. The fraction of sp³-hybridized carbons (Fsp3) is 0.158. The fourth-order valence-corrected chi connectivity index (χ4v) is 3.24. The largest absolute Gasteiger partial charge is 0.416 e. The average molecular weight is 396 g/mol.